The molecule has 0 spiro atoms. The predicted octanol–water partition coefficient (Wildman–Crippen LogP) is -1.68. The van der Waals surface area contributed by atoms with Crippen LogP contribution in [0.15, 0.2) is 35.3 Å². The molecular weight excluding hydrogens is 859 g/mol. The summed E-state index contributed by atoms with van der Waals surface area (Å²) in [5.41, 5.74) is 17.0. The lowest BCUT2D eigenvalue weighted by atomic mass is 9.81. The van der Waals surface area contributed by atoms with Crippen molar-refractivity contribution in [2.24, 2.45) is 39.9 Å². The Morgan fingerprint density at radius 2 is 1.55 bits per heavy atom. The molecule has 66 heavy (non-hydrogen) atoms. The van der Waals surface area contributed by atoms with Gasteiger partial charge in [-0.2, -0.15) is 0 Å². The molecule has 1 aromatic rings. The molecule has 0 bridgehead atoms. The summed E-state index contributed by atoms with van der Waals surface area (Å²) in [7, 11) is 0. The Balaban J connectivity index is 2.55. The lowest BCUT2D eigenvalue weighted by Gasteiger charge is -2.26. The van der Waals surface area contributed by atoms with E-state index >= 15 is 0 Å². The molecule has 0 saturated carbocycles. The van der Waals surface area contributed by atoms with Gasteiger partial charge in [0.05, 0.1) is 31.2 Å². The molecule has 5 amide bonds. The van der Waals surface area contributed by atoms with Crippen LogP contribution < -0.4 is 43.8 Å². The van der Waals surface area contributed by atoms with Crippen molar-refractivity contribution in [3.63, 3.8) is 0 Å². The van der Waals surface area contributed by atoms with Crippen molar-refractivity contribution in [1.29, 1.82) is 0 Å². The summed E-state index contributed by atoms with van der Waals surface area (Å²) in [4.78, 5) is 137. The number of carbonyl (C=O) groups is 10. The molecular formula is C45H69N9O12. The maximum atomic E-state index is 14.1. The molecule has 1 saturated heterocycles. The Morgan fingerprint density at radius 3 is 2.17 bits per heavy atom. The summed E-state index contributed by atoms with van der Waals surface area (Å²) in [6, 6.07) is 4.81. The van der Waals surface area contributed by atoms with Gasteiger partial charge in [-0.15, -0.1) is 0 Å². The van der Waals surface area contributed by atoms with Gasteiger partial charge in [0, 0.05) is 69.9 Å². The zero-order valence-corrected chi connectivity index (χ0v) is 38.2. The number of nitrogens with zero attached hydrogens (tertiary/aromatic N) is 1. The first-order valence-electron chi connectivity index (χ1n) is 22.4. The Hall–Kier alpha value is -5.93. The Kier molecular flexibility index (Phi) is 25.2. The van der Waals surface area contributed by atoms with E-state index in [2.05, 4.69) is 31.6 Å². The van der Waals surface area contributed by atoms with Crippen LogP contribution in [0.4, 0.5) is 0 Å². The molecule has 1 aromatic carbocycles. The molecule has 0 unspecified atom stereocenters. The van der Waals surface area contributed by atoms with Crippen LogP contribution >= 0.6 is 0 Å². The molecule has 8 atom stereocenters. The molecule has 1 aliphatic rings. The standard InChI is InChI=1S/C45H69N9O12/c1-26(55)33(27(2)56)23-38(60)30-14-16-40(62)49-18-8-7-12-35(52-41(63)17-15-31(58)24-46)43(65)53-36(13-9-19-50-45(47)48)44(66)54-37(20-29-10-5-4-6-11-29)42(64)51-25-32(59)22-34(28(3)57)39(61)21-30/h4-6,10-11,26,28,30,33-37,55,57H,7-9,12-25,46H2,1-3H3,(H,49,62)(H,51,64)(H,52,63)(H,53,65)(H,54,66)(H4,47,48,50)/t26-,28-,30-,33+,34+,35+,36+,37+/m1/s1. The van der Waals surface area contributed by atoms with Crippen LogP contribution in [-0.2, 0) is 54.4 Å². The molecule has 366 valence electrons. The highest BCUT2D eigenvalue weighted by atomic mass is 16.3. The van der Waals surface area contributed by atoms with Gasteiger partial charge in [0.2, 0.25) is 29.5 Å². The second-order valence-corrected chi connectivity index (χ2v) is 16.8. The monoisotopic (exact) mass is 928 g/mol. The zero-order valence-electron chi connectivity index (χ0n) is 38.2. The Bertz CT molecular complexity index is 1870. The third-order valence-electron chi connectivity index (χ3n) is 11.3. The van der Waals surface area contributed by atoms with Gasteiger partial charge in [0.1, 0.15) is 41.3 Å². The highest BCUT2D eigenvalue weighted by molar-refractivity contribution is 5.97. The number of ketones is 5. The summed E-state index contributed by atoms with van der Waals surface area (Å²) in [6.07, 6.45) is -4.08. The van der Waals surface area contributed by atoms with Gasteiger partial charge in [-0.25, -0.2) is 0 Å². The Labute approximate surface area is 385 Å². The summed E-state index contributed by atoms with van der Waals surface area (Å²) in [5.74, 6) is -9.88. The van der Waals surface area contributed by atoms with Crippen molar-refractivity contribution >= 4 is 64.4 Å². The van der Waals surface area contributed by atoms with Crippen molar-refractivity contribution in [2.45, 2.75) is 135 Å². The van der Waals surface area contributed by atoms with Crippen LogP contribution in [0.3, 0.4) is 0 Å². The molecule has 1 heterocycles. The zero-order chi connectivity index (χ0) is 49.3. The SMILES string of the molecule is CC(=O)[C@@H](CC(=O)[C@@H]1CCC(=O)NCCCC[C@H](NC(=O)CCC(=O)CN)C(=O)N[C@@H](CCCN=C(N)N)C(=O)N[C@@H](Cc2ccccc2)C(=O)NCC(=O)C[C@@H]([C@@H](C)O)C(=O)C1)[C@@H](C)O. The van der Waals surface area contributed by atoms with Crippen molar-refractivity contribution in [3.05, 3.63) is 35.9 Å². The molecule has 13 N–H and O–H groups in total. The number of rotatable bonds is 17. The molecule has 21 heteroatoms. The highest BCUT2D eigenvalue weighted by Crippen LogP contribution is 2.24. The third kappa shape index (κ3) is 21.4. The second-order valence-electron chi connectivity index (χ2n) is 16.8. The fourth-order valence-corrected chi connectivity index (χ4v) is 7.35. The van der Waals surface area contributed by atoms with Gasteiger partial charge in [0.15, 0.2) is 11.7 Å². The largest absolute Gasteiger partial charge is 0.393 e. The van der Waals surface area contributed by atoms with Crippen LogP contribution in [0.1, 0.15) is 103 Å². The maximum absolute atomic E-state index is 14.1. The van der Waals surface area contributed by atoms with E-state index in [1.54, 1.807) is 30.3 Å². The molecule has 0 aliphatic carbocycles. The van der Waals surface area contributed by atoms with Gasteiger partial charge in [-0.05, 0) is 64.9 Å². The van der Waals surface area contributed by atoms with Gasteiger partial charge < -0.3 is 54.0 Å². The van der Waals surface area contributed by atoms with Crippen molar-refractivity contribution < 1.29 is 58.2 Å². The lowest BCUT2D eigenvalue weighted by molar-refractivity contribution is -0.136. The fourth-order valence-electron chi connectivity index (χ4n) is 7.35. The molecule has 1 aliphatic heterocycles. The highest BCUT2D eigenvalue weighted by Gasteiger charge is 2.34. The first kappa shape index (κ1) is 56.2. The number of aliphatic hydroxyl groups is 2. The van der Waals surface area contributed by atoms with Crippen LogP contribution in [0.2, 0.25) is 0 Å². The summed E-state index contributed by atoms with van der Waals surface area (Å²) >= 11 is 0. The van der Waals surface area contributed by atoms with Crippen molar-refractivity contribution in [2.75, 3.05) is 26.2 Å². The van der Waals surface area contributed by atoms with Gasteiger partial charge in [-0.3, -0.25) is 52.9 Å². The van der Waals surface area contributed by atoms with E-state index in [1.807, 2.05) is 0 Å². The van der Waals surface area contributed by atoms with E-state index in [4.69, 9.17) is 17.2 Å². The van der Waals surface area contributed by atoms with Crippen molar-refractivity contribution in [3.8, 4) is 0 Å². The number of benzene rings is 1. The Morgan fingerprint density at radius 1 is 0.864 bits per heavy atom. The maximum Gasteiger partial charge on any atom is 0.243 e. The number of carbonyl (C=O) groups excluding carboxylic acids is 10. The number of aliphatic hydroxyl groups excluding tert-OH is 2. The third-order valence-corrected chi connectivity index (χ3v) is 11.3. The average molecular weight is 928 g/mol. The first-order chi connectivity index (χ1) is 31.2. The number of nitrogens with two attached hydrogens (primary N) is 3. The molecule has 0 radical (unpaired) electrons. The van der Waals surface area contributed by atoms with Gasteiger partial charge in [-0.1, -0.05) is 30.3 Å². The van der Waals surface area contributed by atoms with E-state index in [9.17, 15) is 58.2 Å². The number of Topliss-reactive ketones (excluding diaryl/α,β-unsaturated/α-hetero) is 5. The summed E-state index contributed by atoms with van der Waals surface area (Å²) < 4.78 is 0. The molecule has 2 rings (SSSR count). The molecule has 1 fully saturated rings. The second kappa shape index (κ2) is 29.6. The van der Waals surface area contributed by atoms with Crippen LogP contribution in [0.25, 0.3) is 0 Å². The quantitative estimate of drug-likeness (QED) is 0.0474. The van der Waals surface area contributed by atoms with Crippen LogP contribution in [0.5, 0.6) is 0 Å². The van der Waals surface area contributed by atoms with E-state index in [0.29, 0.717) is 12.0 Å². The minimum Gasteiger partial charge on any atom is -0.393 e. The first-order valence-corrected chi connectivity index (χ1v) is 22.4. The van der Waals surface area contributed by atoms with E-state index in [-0.39, 0.29) is 89.2 Å². The van der Waals surface area contributed by atoms with Crippen LogP contribution in [0, 0.1) is 17.8 Å². The summed E-state index contributed by atoms with van der Waals surface area (Å²) in [5, 5.41) is 34.0. The minimum atomic E-state index is -1.37. The lowest BCUT2D eigenvalue weighted by Crippen LogP contribution is -2.57. The predicted molar refractivity (Wildman–Crippen MR) is 242 cm³/mol. The van der Waals surface area contributed by atoms with Crippen molar-refractivity contribution in [1.82, 2.24) is 26.6 Å². The number of nitrogens with one attached hydrogen (secondary N) is 5. The van der Waals surface area contributed by atoms with E-state index in [0.717, 1.165) is 0 Å². The fraction of sp³-hybridized carbons (Fsp3) is 0.622. The smallest absolute Gasteiger partial charge is 0.243 e. The van der Waals surface area contributed by atoms with E-state index in [1.165, 1.54) is 20.8 Å². The molecule has 21 nitrogen and oxygen atoms in total. The number of aliphatic imine (C=N–C) groups is 1. The number of hydrogen-bond acceptors (Lipinski definition) is 14. The number of amides is 5. The van der Waals surface area contributed by atoms with Crippen LogP contribution in [-0.4, -0.2) is 131 Å². The topological polar surface area (TPSA) is 362 Å². The summed E-state index contributed by atoms with van der Waals surface area (Å²) in [6.45, 7) is 3.16. The van der Waals surface area contributed by atoms with Gasteiger partial charge >= 0.3 is 0 Å². The number of hydrogen-bond donors (Lipinski definition) is 10. The normalized spacial score (nSPS) is 22.7. The van der Waals surface area contributed by atoms with E-state index < -0.39 is 127 Å². The van der Waals surface area contributed by atoms with Gasteiger partial charge in [0.25, 0.3) is 0 Å². The molecule has 0 aromatic heterocycles. The average Bonchev–Trinajstić information content (AvgIpc) is 3.26. The minimum absolute atomic E-state index is 0.0245. The number of guanidine groups is 1.